The van der Waals surface area contributed by atoms with E-state index in [0.29, 0.717) is 31.2 Å². The molecule has 1 aromatic carbocycles. The highest BCUT2D eigenvalue weighted by molar-refractivity contribution is 6.08. The number of halogens is 3. The second-order valence-electron chi connectivity index (χ2n) is 4.00. The Morgan fingerprint density at radius 3 is 2.88 bits per heavy atom. The average Bonchev–Trinajstić information content (AvgIpc) is 2.75. The average molecular weight is 241 g/mol. The Morgan fingerprint density at radius 2 is 2.12 bits per heavy atom. The Kier molecular flexibility index (Phi) is 2.08. The Hall–Kier alpha value is -1.72. The topological polar surface area (TPSA) is 27.6 Å². The quantitative estimate of drug-likeness (QED) is 0.755. The standard InChI is InChI=1S/C11H10F3N3/c12-11(13,14)7-2-1-3-8-10(7)17-5-4-15-9(17)6-16-8/h1-3,16H,4-6H2. The minimum absolute atomic E-state index is 0.211. The van der Waals surface area contributed by atoms with E-state index in [4.69, 9.17) is 0 Å². The third-order valence-electron chi connectivity index (χ3n) is 2.98. The highest BCUT2D eigenvalue weighted by Gasteiger charge is 2.38. The van der Waals surface area contributed by atoms with Crippen molar-refractivity contribution in [2.45, 2.75) is 6.18 Å². The van der Waals surface area contributed by atoms with E-state index in [-0.39, 0.29) is 5.69 Å². The lowest BCUT2D eigenvalue weighted by Crippen LogP contribution is -2.38. The molecule has 0 amide bonds. The van der Waals surface area contributed by atoms with Crippen LogP contribution in [0, 0.1) is 0 Å². The maximum absolute atomic E-state index is 12.9. The summed E-state index contributed by atoms with van der Waals surface area (Å²) in [6.45, 7) is 1.58. The molecule has 0 aromatic heterocycles. The normalized spacial score (nSPS) is 18.3. The Labute approximate surface area is 95.9 Å². The molecule has 0 aliphatic carbocycles. The number of amidine groups is 1. The molecule has 1 N–H and O–H groups in total. The summed E-state index contributed by atoms with van der Waals surface area (Å²) < 4.78 is 38.8. The van der Waals surface area contributed by atoms with Crippen LogP contribution in [0.15, 0.2) is 23.2 Å². The maximum Gasteiger partial charge on any atom is 0.418 e. The van der Waals surface area contributed by atoms with Gasteiger partial charge in [0, 0.05) is 6.54 Å². The minimum atomic E-state index is -4.34. The molecule has 1 aromatic rings. The van der Waals surface area contributed by atoms with Crippen LogP contribution in [0.1, 0.15) is 5.56 Å². The lowest BCUT2D eigenvalue weighted by Gasteiger charge is -2.31. The summed E-state index contributed by atoms with van der Waals surface area (Å²) in [6.07, 6.45) is -4.34. The number of anilines is 2. The maximum atomic E-state index is 12.9. The number of hydrogen-bond donors (Lipinski definition) is 1. The van der Waals surface area contributed by atoms with E-state index >= 15 is 0 Å². The van der Waals surface area contributed by atoms with Crippen LogP contribution in [0.2, 0.25) is 0 Å². The van der Waals surface area contributed by atoms with Crippen LogP contribution in [0.4, 0.5) is 24.5 Å². The molecule has 0 radical (unpaired) electrons. The van der Waals surface area contributed by atoms with Crippen LogP contribution < -0.4 is 10.2 Å². The molecular formula is C11H10F3N3. The number of hydrogen-bond acceptors (Lipinski definition) is 3. The molecule has 0 atom stereocenters. The molecule has 3 rings (SSSR count). The van der Waals surface area contributed by atoms with Gasteiger partial charge < -0.3 is 10.2 Å². The van der Waals surface area contributed by atoms with Gasteiger partial charge in [0.25, 0.3) is 0 Å². The van der Waals surface area contributed by atoms with Gasteiger partial charge in [-0.05, 0) is 12.1 Å². The molecule has 3 nitrogen and oxygen atoms in total. The minimum Gasteiger partial charge on any atom is -0.376 e. The van der Waals surface area contributed by atoms with E-state index in [1.807, 2.05) is 0 Å². The van der Waals surface area contributed by atoms with Gasteiger partial charge in [-0.2, -0.15) is 13.2 Å². The largest absolute Gasteiger partial charge is 0.418 e. The molecule has 90 valence electrons. The number of benzene rings is 1. The number of para-hydroxylation sites is 1. The second-order valence-corrected chi connectivity index (χ2v) is 4.00. The molecule has 0 unspecified atom stereocenters. The van der Waals surface area contributed by atoms with Crippen LogP contribution in [-0.2, 0) is 6.18 Å². The molecule has 0 saturated heterocycles. The molecule has 17 heavy (non-hydrogen) atoms. The number of alkyl halides is 3. The van der Waals surface area contributed by atoms with Crippen molar-refractivity contribution >= 4 is 17.2 Å². The number of aliphatic imine (C=N–C) groups is 1. The SMILES string of the molecule is FC(F)(F)c1cccc2c1N1CCN=C1CN2. The summed E-state index contributed by atoms with van der Waals surface area (Å²) >= 11 is 0. The van der Waals surface area contributed by atoms with E-state index in [2.05, 4.69) is 10.3 Å². The van der Waals surface area contributed by atoms with E-state index in [9.17, 15) is 13.2 Å². The highest BCUT2D eigenvalue weighted by atomic mass is 19.4. The van der Waals surface area contributed by atoms with Crippen molar-refractivity contribution in [3.8, 4) is 0 Å². The Morgan fingerprint density at radius 1 is 1.29 bits per heavy atom. The number of nitrogens with zero attached hydrogens (tertiary/aromatic N) is 2. The van der Waals surface area contributed by atoms with Crippen LogP contribution in [0.25, 0.3) is 0 Å². The zero-order valence-electron chi connectivity index (χ0n) is 8.88. The molecule has 0 spiro atoms. The van der Waals surface area contributed by atoms with Gasteiger partial charge in [-0.3, -0.25) is 4.99 Å². The molecule has 0 saturated carbocycles. The summed E-state index contributed by atoms with van der Waals surface area (Å²) in [5.74, 6) is 0.689. The van der Waals surface area contributed by atoms with Crippen molar-refractivity contribution < 1.29 is 13.2 Å². The highest BCUT2D eigenvalue weighted by Crippen LogP contribution is 2.42. The zero-order valence-corrected chi connectivity index (χ0v) is 8.88. The van der Waals surface area contributed by atoms with Crippen LogP contribution in [0.5, 0.6) is 0 Å². The number of fused-ring (bicyclic) bond motifs is 3. The van der Waals surface area contributed by atoms with Crippen LogP contribution in [-0.4, -0.2) is 25.5 Å². The first-order valence-corrected chi connectivity index (χ1v) is 5.32. The van der Waals surface area contributed by atoms with Gasteiger partial charge in [-0.25, -0.2) is 0 Å². The molecule has 0 fully saturated rings. The lowest BCUT2D eigenvalue weighted by atomic mass is 10.1. The fraction of sp³-hybridized carbons (Fsp3) is 0.364. The van der Waals surface area contributed by atoms with Gasteiger partial charge in [-0.15, -0.1) is 0 Å². The predicted molar refractivity (Wildman–Crippen MR) is 59.6 cm³/mol. The van der Waals surface area contributed by atoms with Gasteiger partial charge in [0.1, 0.15) is 5.84 Å². The van der Waals surface area contributed by atoms with Crippen molar-refractivity contribution in [1.82, 2.24) is 0 Å². The second kappa shape index (κ2) is 3.38. The number of nitrogens with one attached hydrogen (secondary N) is 1. The first kappa shape index (κ1) is 10.4. The predicted octanol–water partition coefficient (Wildman–Crippen LogP) is 2.35. The molecule has 6 heteroatoms. The van der Waals surface area contributed by atoms with Gasteiger partial charge in [0.15, 0.2) is 0 Å². The van der Waals surface area contributed by atoms with Crippen molar-refractivity contribution in [2.75, 3.05) is 29.9 Å². The van der Waals surface area contributed by atoms with Gasteiger partial charge in [-0.1, -0.05) is 6.07 Å². The Bertz CT molecular complexity index is 493. The third kappa shape index (κ3) is 1.55. The number of rotatable bonds is 0. The summed E-state index contributed by atoms with van der Waals surface area (Å²) in [6, 6.07) is 4.20. The van der Waals surface area contributed by atoms with Crippen LogP contribution >= 0.6 is 0 Å². The van der Waals surface area contributed by atoms with Crippen molar-refractivity contribution in [2.24, 2.45) is 4.99 Å². The molecule has 2 aliphatic heterocycles. The van der Waals surface area contributed by atoms with Crippen molar-refractivity contribution in [3.63, 3.8) is 0 Å². The molecule has 2 aliphatic rings. The summed E-state index contributed by atoms with van der Waals surface area (Å²) in [5.41, 5.74) is 0.139. The lowest BCUT2D eigenvalue weighted by molar-refractivity contribution is -0.137. The summed E-state index contributed by atoms with van der Waals surface area (Å²) in [7, 11) is 0. The van der Waals surface area contributed by atoms with E-state index < -0.39 is 11.7 Å². The summed E-state index contributed by atoms with van der Waals surface area (Å²) in [5, 5.41) is 2.97. The van der Waals surface area contributed by atoms with Crippen molar-refractivity contribution in [3.05, 3.63) is 23.8 Å². The van der Waals surface area contributed by atoms with Gasteiger partial charge in [0.2, 0.25) is 0 Å². The van der Waals surface area contributed by atoms with Crippen molar-refractivity contribution in [1.29, 1.82) is 0 Å². The van der Waals surface area contributed by atoms with E-state index in [1.54, 1.807) is 11.0 Å². The third-order valence-corrected chi connectivity index (χ3v) is 2.98. The first-order valence-electron chi connectivity index (χ1n) is 5.32. The monoisotopic (exact) mass is 241 g/mol. The first-order chi connectivity index (χ1) is 8.07. The summed E-state index contributed by atoms with van der Waals surface area (Å²) in [4.78, 5) is 5.85. The van der Waals surface area contributed by atoms with E-state index in [0.717, 1.165) is 6.07 Å². The van der Waals surface area contributed by atoms with Crippen LogP contribution in [0.3, 0.4) is 0 Å². The Balaban J connectivity index is 2.18. The smallest absolute Gasteiger partial charge is 0.376 e. The fourth-order valence-corrected chi connectivity index (χ4v) is 2.27. The van der Waals surface area contributed by atoms with E-state index in [1.165, 1.54) is 6.07 Å². The van der Waals surface area contributed by atoms with Gasteiger partial charge in [0.05, 0.1) is 30.0 Å². The fourth-order valence-electron chi connectivity index (χ4n) is 2.27. The molecule has 0 bridgehead atoms. The van der Waals surface area contributed by atoms with Gasteiger partial charge >= 0.3 is 6.18 Å². The zero-order chi connectivity index (χ0) is 12.0. The molecule has 2 heterocycles. The molecular weight excluding hydrogens is 231 g/mol.